The zero-order valence-corrected chi connectivity index (χ0v) is 10.4. The number of hydrogen-bond acceptors (Lipinski definition) is 4. The Morgan fingerprint density at radius 1 is 1.37 bits per heavy atom. The number of nitrogens with two attached hydrogens (primary N) is 1. The number of anilines is 3. The number of amides is 1. The number of H-pyrrole nitrogens is 1. The molecule has 0 atom stereocenters. The van der Waals surface area contributed by atoms with Crippen molar-refractivity contribution in [3.05, 3.63) is 35.9 Å². The first-order chi connectivity index (χ1) is 9.22. The quantitative estimate of drug-likeness (QED) is 0.626. The first kappa shape index (κ1) is 11.6. The zero-order chi connectivity index (χ0) is 13.2. The standard InChI is InChI=1S/C13H15N5O/c14-9-5-8-1-2-13(19)18-10(8)6-11(9)17-7-12-15-3-4-16-12/h3-6,17H,1-2,7,14H2,(H,15,16)(H,18,19). The summed E-state index contributed by atoms with van der Waals surface area (Å²) in [6, 6.07) is 3.80. The van der Waals surface area contributed by atoms with Crippen LogP contribution in [0.1, 0.15) is 17.8 Å². The van der Waals surface area contributed by atoms with E-state index in [0.29, 0.717) is 18.7 Å². The van der Waals surface area contributed by atoms with Crippen molar-refractivity contribution in [3.63, 3.8) is 0 Å². The highest BCUT2D eigenvalue weighted by atomic mass is 16.1. The highest BCUT2D eigenvalue weighted by Crippen LogP contribution is 2.31. The molecule has 1 aliphatic heterocycles. The van der Waals surface area contributed by atoms with Crippen molar-refractivity contribution in [2.75, 3.05) is 16.4 Å². The lowest BCUT2D eigenvalue weighted by Gasteiger charge is -2.19. The first-order valence-corrected chi connectivity index (χ1v) is 6.17. The average Bonchev–Trinajstić information content (AvgIpc) is 2.90. The molecule has 0 bridgehead atoms. The molecule has 3 rings (SSSR count). The molecule has 6 heteroatoms. The molecule has 0 saturated heterocycles. The number of aromatic amines is 1. The highest BCUT2D eigenvalue weighted by molar-refractivity contribution is 5.95. The molecule has 1 aromatic heterocycles. The van der Waals surface area contributed by atoms with Gasteiger partial charge in [-0.15, -0.1) is 0 Å². The molecular formula is C13H15N5O. The number of benzene rings is 1. The van der Waals surface area contributed by atoms with Gasteiger partial charge in [0, 0.05) is 24.5 Å². The fourth-order valence-electron chi connectivity index (χ4n) is 2.17. The Bertz CT molecular complexity index is 606. The number of aryl methyl sites for hydroxylation is 1. The maximum atomic E-state index is 11.4. The van der Waals surface area contributed by atoms with Gasteiger partial charge in [-0.1, -0.05) is 0 Å². The number of nitrogens with one attached hydrogen (secondary N) is 3. The number of rotatable bonds is 3. The maximum Gasteiger partial charge on any atom is 0.224 e. The highest BCUT2D eigenvalue weighted by Gasteiger charge is 2.16. The summed E-state index contributed by atoms with van der Waals surface area (Å²) in [4.78, 5) is 18.5. The molecule has 0 radical (unpaired) electrons. The van der Waals surface area contributed by atoms with Gasteiger partial charge in [0.2, 0.25) is 5.91 Å². The SMILES string of the molecule is Nc1cc2c(cc1NCc1ncc[nH]1)NC(=O)CC2. The van der Waals surface area contributed by atoms with Gasteiger partial charge >= 0.3 is 0 Å². The fraction of sp³-hybridized carbons (Fsp3) is 0.231. The molecule has 0 saturated carbocycles. The van der Waals surface area contributed by atoms with E-state index in [9.17, 15) is 4.79 Å². The van der Waals surface area contributed by atoms with Crippen LogP contribution in [0, 0.1) is 0 Å². The summed E-state index contributed by atoms with van der Waals surface area (Å²) in [7, 11) is 0. The van der Waals surface area contributed by atoms with E-state index >= 15 is 0 Å². The number of fused-ring (bicyclic) bond motifs is 1. The molecule has 1 aromatic carbocycles. The molecule has 6 nitrogen and oxygen atoms in total. The number of aromatic nitrogens is 2. The van der Waals surface area contributed by atoms with Crippen LogP contribution in [-0.2, 0) is 17.8 Å². The third-order valence-corrected chi connectivity index (χ3v) is 3.17. The lowest BCUT2D eigenvalue weighted by molar-refractivity contribution is -0.116. The van der Waals surface area contributed by atoms with Crippen LogP contribution in [0.4, 0.5) is 17.1 Å². The molecule has 5 N–H and O–H groups in total. The Kier molecular flexibility index (Phi) is 2.83. The van der Waals surface area contributed by atoms with Crippen LogP contribution in [0.25, 0.3) is 0 Å². The minimum Gasteiger partial charge on any atom is -0.397 e. The van der Waals surface area contributed by atoms with Crippen molar-refractivity contribution in [1.29, 1.82) is 0 Å². The fourth-order valence-corrected chi connectivity index (χ4v) is 2.17. The number of nitrogen functional groups attached to an aromatic ring is 1. The van der Waals surface area contributed by atoms with Gasteiger partial charge in [0.1, 0.15) is 5.82 Å². The van der Waals surface area contributed by atoms with Crippen LogP contribution < -0.4 is 16.4 Å². The molecular weight excluding hydrogens is 242 g/mol. The topological polar surface area (TPSA) is 95.8 Å². The second kappa shape index (κ2) is 4.64. The van der Waals surface area contributed by atoms with Gasteiger partial charge in [0.25, 0.3) is 0 Å². The van der Waals surface area contributed by atoms with Crippen LogP contribution in [0.3, 0.4) is 0 Å². The van der Waals surface area contributed by atoms with Gasteiger partial charge in [-0.2, -0.15) is 0 Å². The molecule has 0 spiro atoms. The monoisotopic (exact) mass is 257 g/mol. The zero-order valence-electron chi connectivity index (χ0n) is 10.4. The summed E-state index contributed by atoms with van der Waals surface area (Å²) in [5.74, 6) is 0.885. The van der Waals surface area contributed by atoms with Crippen LogP contribution in [-0.4, -0.2) is 15.9 Å². The number of imidazole rings is 1. The molecule has 0 fully saturated rings. The van der Waals surface area contributed by atoms with E-state index in [1.807, 2.05) is 12.1 Å². The maximum absolute atomic E-state index is 11.4. The summed E-state index contributed by atoms with van der Waals surface area (Å²) in [6.07, 6.45) is 4.73. The van der Waals surface area contributed by atoms with Crippen LogP contribution in [0.2, 0.25) is 0 Å². The number of carbonyl (C=O) groups excluding carboxylic acids is 1. The van der Waals surface area contributed by atoms with Gasteiger partial charge < -0.3 is 21.4 Å². The molecule has 1 aliphatic rings. The van der Waals surface area contributed by atoms with E-state index in [-0.39, 0.29) is 5.91 Å². The summed E-state index contributed by atoms with van der Waals surface area (Å²) < 4.78 is 0. The lowest BCUT2D eigenvalue weighted by atomic mass is 10.0. The normalized spacial score (nSPS) is 13.8. The Morgan fingerprint density at radius 2 is 2.26 bits per heavy atom. The summed E-state index contributed by atoms with van der Waals surface area (Å²) in [5, 5.41) is 6.07. The van der Waals surface area contributed by atoms with Crippen LogP contribution in [0.5, 0.6) is 0 Å². The molecule has 2 aromatic rings. The number of hydrogen-bond donors (Lipinski definition) is 4. The molecule has 2 heterocycles. The second-order valence-corrected chi connectivity index (χ2v) is 4.53. The molecule has 0 unspecified atom stereocenters. The van der Waals surface area contributed by atoms with Crippen molar-refractivity contribution in [3.8, 4) is 0 Å². The predicted molar refractivity (Wildman–Crippen MR) is 73.7 cm³/mol. The van der Waals surface area contributed by atoms with Crippen molar-refractivity contribution >= 4 is 23.0 Å². The average molecular weight is 257 g/mol. The molecule has 19 heavy (non-hydrogen) atoms. The van der Waals surface area contributed by atoms with Crippen molar-refractivity contribution in [1.82, 2.24) is 9.97 Å². The minimum atomic E-state index is 0.0502. The summed E-state index contributed by atoms with van der Waals surface area (Å²) in [5.41, 5.74) is 9.42. The Hall–Kier alpha value is -2.50. The van der Waals surface area contributed by atoms with E-state index in [4.69, 9.17) is 5.73 Å². The Morgan fingerprint density at radius 3 is 3.05 bits per heavy atom. The molecule has 0 aliphatic carbocycles. The summed E-state index contributed by atoms with van der Waals surface area (Å²) in [6.45, 7) is 0.559. The first-order valence-electron chi connectivity index (χ1n) is 6.17. The van der Waals surface area contributed by atoms with Crippen LogP contribution >= 0.6 is 0 Å². The van der Waals surface area contributed by atoms with Gasteiger partial charge in [0.05, 0.1) is 17.9 Å². The molecule has 98 valence electrons. The van der Waals surface area contributed by atoms with Crippen molar-refractivity contribution in [2.24, 2.45) is 0 Å². The smallest absolute Gasteiger partial charge is 0.224 e. The number of carbonyl (C=O) groups is 1. The Labute approximate surface area is 110 Å². The van der Waals surface area contributed by atoms with E-state index in [2.05, 4.69) is 20.6 Å². The third-order valence-electron chi connectivity index (χ3n) is 3.17. The lowest BCUT2D eigenvalue weighted by Crippen LogP contribution is -2.19. The second-order valence-electron chi connectivity index (χ2n) is 4.53. The predicted octanol–water partition coefficient (Wildman–Crippen LogP) is 1.49. The van der Waals surface area contributed by atoms with Gasteiger partial charge in [-0.3, -0.25) is 4.79 Å². The van der Waals surface area contributed by atoms with Gasteiger partial charge in [-0.25, -0.2) is 4.98 Å². The summed E-state index contributed by atoms with van der Waals surface area (Å²) >= 11 is 0. The van der Waals surface area contributed by atoms with Crippen LogP contribution in [0.15, 0.2) is 24.5 Å². The molecule has 1 amide bonds. The van der Waals surface area contributed by atoms with E-state index in [1.165, 1.54) is 0 Å². The third kappa shape index (κ3) is 2.37. The van der Waals surface area contributed by atoms with Gasteiger partial charge in [-0.05, 0) is 24.1 Å². The Balaban J connectivity index is 1.81. The van der Waals surface area contributed by atoms with E-state index < -0.39 is 0 Å². The minimum absolute atomic E-state index is 0.0502. The van der Waals surface area contributed by atoms with E-state index in [0.717, 1.165) is 29.2 Å². The number of nitrogens with zero attached hydrogens (tertiary/aromatic N) is 1. The van der Waals surface area contributed by atoms with E-state index in [1.54, 1.807) is 12.4 Å². The van der Waals surface area contributed by atoms with Gasteiger partial charge in [0.15, 0.2) is 0 Å². The van der Waals surface area contributed by atoms with Crippen molar-refractivity contribution < 1.29 is 4.79 Å². The van der Waals surface area contributed by atoms with Crippen molar-refractivity contribution in [2.45, 2.75) is 19.4 Å². The largest absolute Gasteiger partial charge is 0.397 e.